The summed E-state index contributed by atoms with van der Waals surface area (Å²) in [5.74, 6) is 0.774. The fraction of sp³-hybridized carbons (Fsp3) is 0.500. The summed E-state index contributed by atoms with van der Waals surface area (Å²) in [5, 5.41) is 5.60. The standard InChI is InChI=1S/C18H25N5O3/c1-3-22-7-9-23(10-8-22)18-20-15(17(25)21-18)12-16(24)19-13-5-4-6-14(11-13)26-2/h4-6,11,15H,3,7-10,12H2,1-2H3,(H,19,24)(H,20,21,25)/t15-/m1/s1. The molecule has 2 amide bonds. The van der Waals surface area contributed by atoms with Gasteiger partial charge in [0.2, 0.25) is 11.9 Å². The van der Waals surface area contributed by atoms with Crippen molar-refractivity contribution in [3.63, 3.8) is 0 Å². The van der Waals surface area contributed by atoms with E-state index in [2.05, 4.69) is 32.3 Å². The van der Waals surface area contributed by atoms with Crippen molar-refractivity contribution in [2.75, 3.05) is 45.2 Å². The van der Waals surface area contributed by atoms with E-state index in [0.717, 1.165) is 32.7 Å². The Bertz CT molecular complexity index is 698. The summed E-state index contributed by atoms with van der Waals surface area (Å²) in [6, 6.07) is 6.42. The lowest BCUT2D eigenvalue weighted by molar-refractivity contribution is -0.124. The average Bonchev–Trinajstić information content (AvgIpc) is 3.02. The number of ether oxygens (including phenoxy) is 1. The summed E-state index contributed by atoms with van der Waals surface area (Å²) < 4.78 is 5.14. The Morgan fingerprint density at radius 3 is 2.81 bits per heavy atom. The summed E-state index contributed by atoms with van der Waals surface area (Å²) >= 11 is 0. The van der Waals surface area contributed by atoms with Crippen molar-refractivity contribution in [1.29, 1.82) is 0 Å². The lowest BCUT2D eigenvalue weighted by Crippen LogP contribution is -2.51. The van der Waals surface area contributed by atoms with E-state index < -0.39 is 6.04 Å². The smallest absolute Gasteiger partial charge is 0.252 e. The highest BCUT2D eigenvalue weighted by Gasteiger charge is 2.32. The van der Waals surface area contributed by atoms with Gasteiger partial charge in [0.15, 0.2) is 0 Å². The number of nitrogens with one attached hydrogen (secondary N) is 2. The minimum Gasteiger partial charge on any atom is -0.497 e. The molecule has 0 radical (unpaired) electrons. The van der Waals surface area contributed by atoms with Crippen LogP contribution in [0.3, 0.4) is 0 Å². The molecule has 140 valence electrons. The molecule has 2 aliphatic heterocycles. The number of benzene rings is 1. The number of hydrogen-bond donors (Lipinski definition) is 2. The van der Waals surface area contributed by atoms with Gasteiger partial charge in [-0.05, 0) is 18.7 Å². The van der Waals surface area contributed by atoms with Crippen LogP contribution in [0.2, 0.25) is 0 Å². The fourth-order valence-electron chi connectivity index (χ4n) is 3.10. The molecule has 1 saturated heterocycles. The van der Waals surface area contributed by atoms with Crippen LogP contribution in [0.4, 0.5) is 5.69 Å². The molecule has 8 nitrogen and oxygen atoms in total. The van der Waals surface area contributed by atoms with Crippen molar-refractivity contribution in [2.24, 2.45) is 4.99 Å². The van der Waals surface area contributed by atoms with Gasteiger partial charge in [-0.15, -0.1) is 0 Å². The molecule has 1 atom stereocenters. The Balaban J connectivity index is 1.56. The highest BCUT2D eigenvalue weighted by atomic mass is 16.5. The average molecular weight is 359 g/mol. The SMILES string of the molecule is CCN1CCN(C2=N[C@H](CC(=O)Nc3cccc(OC)c3)C(=O)N2)CC1. The molecule has 1 fully saturated rings. The molecule has 0 saturated carbocycles. The van der Waals surface area contributed by atoms with Gasteiger partial charge < -0.3 is 19.9 Å². The van der Waals surface area contributed by atoms with Crippen LogP contribution in [0.5, 0.6) is 5.75 Å². The van der Waals surface area contributed by atoms with Gasteiger partial charge in [0, 0.05) is 37.9 Å². The number of guanidine groups is 1. The van der Waals surface area contributed by atoms with Crippen molar-refractivity contribution < 1.29 is 14.3 Å². The maximum absolute atomic E-state index is 12.3. The quantitative estimate of drug-likeness (QED) is 0.800. The number of rotatable bonds is 5. The topological polar surface area (TPSA) is 86.3 Å². The van der Waals surface area contributed by atoms with Gasteiger partial charge in [-0.3, -0.25) is 14.9 Å². The van der Waals surface area contributed by atoms with Crippen molar-refractivity contribution in [2.45, 2.75) is 19.4 Å². The van der Waals surface area contributed by atoms with Crippen LogP contribution in [0.25, 0.3) is 0 Å². The zero-order valence-corrected chi connectivity index (χ0v) is 15.2. The molecule has 0 aromatic heterocycles. The van der Waals surface area contributed by atoms with Gasteiger partial charge in [0.1, 0.15) is 11.8 Å². The third kappa shape index (κ3) is 4.32. The first-order chi connectivity index (χ1) is 12.6. The van der Waals surface area contributed by atoms with Crippen LogP contribution >= 0.6 is 0 Å². The van der Waals surface area contributed by atoms with Crippen molar-refractivity contribution >= 4 is 23.5 Å². The molecule has 3 rings (SSSR count). The van der Waals surface area contributed by atoms with Gasteiger partial charge in [0.25, 0.3) is 5.91 Å². The van der Waals surface area contributed by atoms with E-state index in [1.165, 1.54) is 0 Å². The van der Waals surface area contributed by atoms with E-state index in [-0.39, 0.29) is 18.2 Å². The predicted octanol–water partition coefficient (Wildman–Crippen LogP) is 0.516. The molecule has 2 aliphatic rings. The monoisotopic (exact) mass is 359 g/mol. The second-order valence-corrected chi connectivity index (χ2v) is 6.36. The summed E-state index contributed by atoms with van der Waals surface area (Å²) in [7, 11) is 1.57. The normalized spacial score (nSPS) is 20.5. The number of anilines is 1. The number of likely N-dealkylation sites (N-methyl/N-ethyl adjacent to an activating group) is 1. The van der Waals surface area contributed by atoms with Crippen LogP contribution in [0.1, 0.15) is 13.3 Å². The van der Waals surface area contributed by atoms with Crippen LogP contribution in [-0.4, -0.2) is 73.4 Å². The van der Waals surface area contributed by atoms with E-state index in [0.29, 0.717) is 17.4 Å². The summed E-state index contributed by atoms with van der Waals surface area (Å²) in [6.45, 7) is 6.73. The highest BCUT2D eigenvalue weighted by Crippen LogP contribution is 2.18. The molecule has 0 spiro atoms. The van der Waals surface area contributed by atoms with E-state index in [1.54, 1.807) is 31.4 Å². The summed E-state index contributed by atoms with van der Waals surface area (Å²) in [4.78, 5) is 33.3. The molecular formula is C18H25N5O3. The lowest BCUT2D eigenvalue weighted by Gasteiger charge is -2.34. The van der Waals surface area contributed by atoms with E-state index >= 15 is 0 Å². The first-order valence-electron chi connectivity index (χ1n) is 8.89. The van der Waals surface area contributed by atoms with Crippen molar-refractivity contribution in [3.8, 4) is 5.75 Å². The Morgan fingerprint density at radius 2 is 2.12 bits per heavy atom. The van der Waals surface area contributed by atoms with E-state index in [4.69, 9.17) is 4.74 Å². The minimum absolute atomic E-state index is 0.0153. The molecule has 2 N–H and O–H groups in total. The van der Waals surface area contributed by atoms with Crippen LogP contribution in [0.15, 0.2) is 29.3 Å². The van der Waals surface area contributed by atoms with Crippen LogP contribution < -0.4 is 15.4 Å². The molecule has 8 heteroatoms. The third-order valence-electron chi connectivity index (χ3n) is 4.67. The van der Waals surface area contributed by atoms with Gasteiger partial charge in [0.05, 0.1) is 13.5 Å². The van der Waals surface area contributed by atoms with Crippen LogP contribution in [-0.2, 0) is 9.59 Å². The molecular weight excluding hydrogens is 334 g/mol. The molecule has 0 unspecified atom stereocenters. The first-order valence-corrected chi connectivity index (χ1v) is 8.89. The van der Waals surface area contributed by atoms with Gasteiger partial charge in [-0.25, -0.2) is 4.99 Å². The maximum Gasteiger partial charge on any atom is 0.252 e. The number of methoxy groups -OCH3 is 1. The zero-order chi connectivity index (χ0) is 18.5. The lowest BCUT2D eigenvalue weighted by atomic mass is 10.2. The van der Waals surface area contributed by atoms with Gasteiger partial charge in [-0.2, -0.15) is 0 Å². The van der Waals surface area contributed by atoms with Gasteiger partial charge in [-0.1, -0.05) is 13.0 Å². The summed E-state index contributed by atoms with van der Waals surface area (Å²) in [6.07, 6.45) is 0.0153. The Morgan fingerprint density at radius 1 is 1.35 bits per heavy atom. The Hall–Kier alpha value is -2.61. The molecule has 26 heavy (non-hydrogen) atoms. The number of nitrogens with zero attached hydrogens (tertiary/aromatic N) is 3. The van der Waals surface area contributed by atoms with E-state index in [1.807, 2.05) is 0 Å². The highest BCUT2D eigenvalue weighted by molar-refractivity contribution is 6.07. The number of piperazine rings is 1. The largest absolute Gasteiger partial charge is 0.497 e. The fourth-order valence-corrected chi connectivity index (χ4v) is 3.10. The Kier molecular flexibility index (Phi) is 5.72. The number of carbonyl (C=O) groups excluding carboxylic acids is 2. The second-order valence-electron chi connectivity index (χ2n) is 6.36. The van der Waals surface area contributed by atoms with Crippen molar-refractivity contribution in [1.82, 2.24) is 15.1 Å². The minimum atomic E-state index is -0.681. The predicted molar refractivity (Wildman–Crippen MR) is 99.3 cm³/mol. The molecule has 0 aliphatic carbocycles. The van der Waals surface area contributed by atoms with Crippen molar-refractivity contribution in [3.05, 3.63) is 24.3 Å². The maximum atomic E-state index is 12.3. The second kappa shape index (κ2) is 8.18. The molecule has 0 bridgehead atoms. The number of amides is 2. The number of aliphatic imine (C=N–C) groups is 1. The summed E-state index contributed by atoms with van der Waals surface area (Å²) in [5.41, 5.74) is 0.632. The first kappa shape index (κ1) is 18.2. The Labute approximate surface area is 153 Å². The van der Waals surface area contributed by atoms with Gasteiger partial charge >= 0.3 is 0 Å². The third-order valence-corrected chi connectivity index (χ3v) is 4.67. The molecule has 1 aromatic rings. The molecule has 1 aromatic carbocycles. The zero-order valence-electron chi connectivity index (χ0n) is 15.2. The van der Waals surface area contributed by atoms with Crippen LogP contribution in [0, 0.1) is 0 Å². The number of carbonyl (C=O) groups is 2. The number of hydrogen-bond acceptors (Lipinski definition) is 6. The molecule has 2 heterocycles. The van der Waals surface area contributed by atoms with E-state index in [9.17, 15) is 9.59 Å².